The maximum atomic E-state index is 14.5. The van der Waals surface area contributed by atoms with Gasteiger partial charge in [0.15, 0.2) is 0 Å². The van der Waals surface area contributed by atoms with E-state index in [2.05, 4.69) is 16.3 Å². The van der Waals surface area contributed by atoms with Gasteiger partial charge < -0.3 is 0 Å². The standard InChI is InChI=1S/C16H33.C7H4F3O3S.Sn/c1-3-5-7-9-11-13-15-16-14-12-10-8-6-4-2;1-3-4(8)2-5(14-13-12-11)7(10)6(3)9;/h1,3-16H2,2H3;11H,1H3;. The van der Waals surface area contributed by atoms with Gasteiger partial charge in [0.05, 0.1) is 0 Å². The Bertz CT molecular complexity index is 620. The molecule has 0 saturated carbocycles. The van der Waals surface area contributed by atoms with Gasteiger partial charge in [-0.15, -0.1) is 0 Å². The molecule has 0 aliphatic carbocycles. The van der Waals surface area contributed by atoms with Gasteiger partial charge in [-0.1, -0.05) is 26.2 Å². The van der Waals surface area contributed by atoms with Crippen LogP contribution in [0, 0.1) is 24.4 Å². The van der Waals surface area contributed by atoms with E-state index in [1.54, 1.807) is 0 Å². The van der Waals surface area contributed by atoms with Gasteiger partial charge >= 0.3 is 174 Å². The quantitative estimate of drug-likeness (QED) is 0.0457. The molecule has 31 heavy (non-hydrogen) atoms. The molecular weight excluding hydrogens is 532 g/mol. The van der Waals surface area contributed by atoms with Crippen molar-refractivity contribution in [1.82, 2.24) is 0 Å². The van der Waals surface area contributed by atoms with Gasteiger partial charge in [0, 0.05) is 0 Å². The van der Waals surface area contributed by atoms with Gasteiger partial charge in [-0.05, 0) is 0 Å². The zero-order valence-corrected chi connectivity index (χ0v) is 22.6. The zero-order chi connectivity index (χ0) is 22.9. The SMILES string of the molecule is CCCCCCCCCCCCCCC[CH2][Sn][c]1c(F)c(C)c(F)c(F)c1SOOO. The van der Waals surface area contributed by atoms with Gasteiger partial charge in [-0.3, -0.25) is 0 Å². The van der Waals surface area contributed by atoms with Gasteiger partial charge in [0.25, 0.3) is 0 Å². The molecule has 1 rings (SSSR count). The summed E-state index contributed by atoms with van der Waals surface area (Å²) in [5, 5.41) is 11.7. The first-order chi connectivity index (χ1) is 15.0. The van der Waals surface area contributed by atoms with E-state index in [-0.39, 0.29) is 14.0 Å². The van der Waals surface area contributed by atoms with Crippen molar-refractivity contribution in [3.05, 3.63) is 23.0 Å². The molecule has 0 fully saturated rings. The molecule has 0 aliphatic heterocycles. The van der Waals surface area contributed by atoms with Crippen LogP contribution >= 0.6 is 12.0 Å². The molecular formula is C23H37F3O3SSn. The Morgan fingerprint density at radius 1 is 0.742 bits per heavy atom. The van der Waals surface area contributed by atoms with Crippen LogP contribution in [0.4, 0.5) is 13.2 Å². The molecule has 0 bridgehead atoms. The average molecular weight is 569 g/mol. The predicted octanol–water partition coefficient (Wildman–Crippen LogP) is 8.07. The summed E-state index contributed by atoms with van der Waals surface area (Å²) in [6.07, 6.45) is 17.9. The molecule has 1 aromatic carbocycles. The van der Waals surface area contributed by atoms with Crippen molar-refractivity contribution in [2.45, 2.75) is 113 Å². The van der Waals surface area contributed by atoms with Crippen LogP contribution in [-0.4, -0.2) is 26.4 Å². The molecule has 3 nitrogen and oxygen atoms in total. The first kappa shape index (κ1) is 29.1. The van der Waals surface area contributed by atoms with E-state index in [1.165, 1.54) is 84.0 Å². The van der Waals surface area contributed by atoms with E-state index in [0.29, 0.717) is 12.0 Å². The topological polar surface area (TPSA) is 38.7 Å². The average Bonchev–Trinajstić information content (AvgIpc) is 2.77. The van der Waals surface area contributed by atoms with E-state index in [0.717, 1.165) is 17.3 Å². The summed E-state index contributed by atoms with van der Waals surface area (Å²) in [5.74, 6) is -3.06. The minimum atomic E-state index is -1.45. The van der Waals surface area contributed by atoms with Crippen molar-refractivity contribution in [2.75, 3.05) is 0 Å². The molecule has 8 heteroatoms. The molecule has 2 radical (unpaired) electrons. The Labute approximate surface area is 200 Å². The van der Waals surface area contributed by atoms with Crippen LogP contribution in [0.1, 0.15) is 102 Å². The molecule has 0 amide bonds. The van der Waals surface area contributed by atoms with Crippen LogP contribution < -0.4 is 3.58 Å². The van der Waals surface area contributed by atoms with Crippen LogP contribution in [0.5, 0.6) is 0 Å². The minimum absolute atomic E-state index is 0.233. The van der Waals surface area contributed by atoms with E-state index < -0.39 is 38.6 Å². The summed E-state index contributed by atoms with van der Waals surface area (Å²) in [6.45, 7) is 3.48. The molecule has 0 heterocycles. The van der Waals surface area contributed by atoms with Crippen LogP contribution in [0.2, 0.25) is 4.44 Å². The normalized spacial score (nSPS) is 11.4. The third kappa shape index (κ3) is 11.6. The zero-order valence-electron chi connectivity index (χ0n) is 18.9. The number of benzene rings is 1. The summed E-state index contributed by atoms with van der Waals surface area (Å²) < 4.78 is 47.8. The van der Waals surface area contributed by atoms with E-state index in [9.17, 15) is 13.2 Å². The molecule has 0 saturated heterocycles. The predicted molar refractivity (Wildman–Crippen MR) is 122 cm³/mol. The monoisotopic (exact) mass is 570 g/mol. The third-order valence-electron chi connectivity index (χ3n) is 5.48. The summed E-state index contributed by atoms with van der Waals surface area (Å²) in [5.41, 5.74) is -0.302. The first-order valence-electron chi connectivity index (χ1n) is 11.6. The molecule has 0 aromatic heterocycles. The second-order valence-corrected chi connectivity index (χ2v) is 12.6. The second kappa shape index (κ2) is 18.5. The Morgan fingerprint density at radius 2 is 1.23 bits per heavy atom. The Balaban J connectivity index is 2.18. The third-order valence-corrected chi connectivity index (χ3v) is 10.7. The summed E-state index contributed by atoms with van der Waals surface area (Å²) >= 11 is -1.14. The number of hydrogen-bond donors (Lipinski definition) is 1. The van der Waals surface area contributed by atoms with Gasteiger partial charge in [0.2, 0.25) is 0 Å². The summed E-state index contributed by atoms with van der Waals surface area (Å²) in [4.78, 5) is -0.244. The van der Waals surface area contributed by atoms with Crippen LogP contribution in [-0.2, 0) is 9.37 Å². The van der Waals surface area contributed by atoms with Crippen molar-refractivity contribution in [2.24, 2.45) is 0 Å². The van der Waals surface area contributed by atoms with E-state index >= 15 is 0 Å². The van der Waals surface area contributed by atoms with Gasteiger partial charge in [-0.25, -0.2) is 0 Å². The second-order valence-electron chi connectivity index (χ2n) is 8.02. The summed E-state index contributed by atoms with van der Waals surface area (Å²) in [7, 11) is 0. The van der Waals surface area contributed by atoms with E-state index in [4.69, 9.17) is 5.26 Å². The van der Waals surface area contributed by atoms with Crippen molar-refractivity contribution >= 4 is 36.8 Å². The molecule has 0 aliphatic rings. The van der Waals surface area contributed by atoms with Crippen molar-refractivity contribution in [3.63, 3.8) is 0 Å². The van der Waals surface area contributed by atoms with Crippen molar-refractivity contribution < 1.29 is 27.8 Å². The van der Waals surface area contributed by atoms with Crippen LogP contribution in [0.15, 0.2) is 4.90 Å². The number of hydrogen-bond acceptors (Lipinski definition) is 4. The fraction of sp³-hybridized carbons (Fsp3) is 0.739. The molecule has 0 unspecified atom stereocenters. The molecule has 1 aromatic rings. The Morgan fingerprint density at radius 3 is 1.71 bits per heavy atom. The van der Waals surface area contributed by atoms with Crippen molar-refractivity contribution in [3.8, 4) is 0 Å². The fourth-order valence-corrected chi connectivity index (χ4v) is 8.53. The van der Waals surface area contributed by atoms with Gasteiger partial charge in [0.1, 0.15) is 0 Å². The molecule has 178 valence electrons. The van der Waals surface area contributed by atoms with Crippen LogP contribution in [0.25, 0.3) is 0 Å². The molecule has 1 N–H and O–H groups in total. The van der Waals surface area contributed by atoms with E-state index in [1.807, 2.05) is 0 Å². The molecule has 0 atom stereocenters. The first-order valence-corrected chi connectivity index (χ1v) is 15.8. The number of halogens is 3. The van der Waals surface area contributed by atoms with Crippen LogP contribution in [0.3, 0.4) is 0 Å². The molecule has 0 spiro atoms. The Hall–Kier alpha value is 0.0387. The van der Waals surface area contributed by atoms with Crippen molar-refractivity contribution in [1.29, 1.82) is 0 Å². The maximum absolute atomic E-state index is 14.5. The Kier molecular flexibility index (Phi) is 17.3. The fourth-order valence-electron chi connectivity index (χ4n) is 3.58. The number of unbranched alkanes of at least 4 members (excludes halogenated alkanes) is 13. The number of rotatable bonds is 19. The van der Waals surface area contributed by atoms with Gasteiger partial charge in [-0.2, -0.15) is 0 Å². The summed E-state index contributed by atoms with van der Waals surface area (Å²) in [6, 6.07) is 0.